The second kappa shape index (κ2) is 6.02. The number of benzene rings is 1. The zero-order valence-electron chi connectivity index (χ0n) is 11.3. The Kier molecular flexibility index (Phi) is 4.15. The molecule has 0 atom stereocenters. The Bertz CT molecular complexity index is 581. The van der Waals surface area contributed by atoms with Gasteiger partial charge in [0.2, 0.25) is 0 Å². The molecule has 1 aromatic carbocycles. The summed E-state index contributed by atoms with van der Waals surface area (Å²) in [6.07, 6.45) is 6.68. The van der Waals surface area contributed by atoms with Crippen molar-refractivity contribution >= 4 is 24.1 Å². The normalized spacial score (nSPS) is 20.1. The van der Waals surface area contributed by atoms with E-state index in [0.717, 1.165) is 11.1 Å². The number of esters is 2. The molecule has 4 heteroatoms. The van der Waals surface area contributed by atoms with Gasteiger partial charge in [0.05, 0.1) is 25.4 Å². The second-order valence-corrected chi connectivity index (χ2v) is 4.11. The molecule has 0 heterocycles. The maximum atomic E-state index is 11.8. The summed E-state index contributed by atoms with van der Waals surface area (Å²) in [5, 5.41) is 0. The third kappa shape index (κ3) is 2.69. The summed E-state index contributed by atoms with van der Waals surface area (Å²) in [5.74, 6) is -1.16. The number of hydrogen-bond donors (Lipinski definition) is 0. The number of hydrogen-bond acceptors (Lipinski definition) is 4. The van der Waals surface area contributed by atoms with Crippen LogP contribution in [0.3, 0.4) is 0 Å². The maximum Gasteiger partial charge on any atom is 0.338 e. The molecule has 0 saturated heterocycles. The van der Waals surface area contributed by atoms with Gasteiger partial charge in [-0.2, -0.15) is 0 Å². The van der Waals surface area contributed by atoms with Crippen LogP contribution in [0.4, 0.5) is 0 Å². The van der Waals surface area contributed by atoms with Gasteiger partial charge in [-0.15, -0.1) is 0 Å². The Morgan fingerprint density at radius 2 is 1.15 bits per heavy atom. The van der Waals surface area contributed by atoms with Crippen LogP contribution < -0.4 is 0 Å². The number of carbonyl (C=O) groups is 2. The first kappa shape index (κ1) is 13.8. The van der Waals surface area contributed by atoms with Crippen molar-refractivity contribution in [2.75, 3.05) is 14.2 Å². The smallest absolute Gasteiger partial charge is 0.338 e. The van der Waals surface area contributed by atoms with E-state index in [1.54, 1.807) is 24.3 Å². The van der Waals surface area contributed by atoms with E-state index < -0.39 is 11.9 Å². The molecular weight excluding hydrogens is 256 g/mol. The summed E-state index contributed by atoms with van der Waals surface area (Å²) in [4.78, 5) is 23.6. The van der Waals surface area contributed by atoms with Gasteiger partial charge >= 0.3 is 11.9 Å². The minimum absolute atomic E-state index is 0.171. The fraction of sp³-hybridized carbons (Fsp3) is 0.125. The Balaban J connectivity index is 2.58. The summed E-state index contributed by atoms with van der Waals surface area (Å²) in [6, 6.07) is 7.66. The molecule has 0 bridgehead atoms. The first-order valence-corrected chi connectivity index (χ1v) is 6.03. The number of rotatable bonds is 2. The third-order valence-corrected chi connectivity index (χ3v) is 2.96. The van der Waals surface area contributed by atoms with Crippen LogP contribution in [-0.4, -0.2) is 26.2 Å². The first-order valence-electron chi connectivity index (χ1n) is 6.03. The number of carbonyl (C=O) groups excluding carboxylic acids is 2. The summed E-state index contributed by atoms with van der Waals surface area (Å²) >= 11 is 0. The van der Waals surface area contributed by atoms with Crippen molar-refractivity contribution in [3.63, 3.8) is 0 Å². The van der Waals surface area contributed by atoms with Crippen molar-refractivity contribution in [2.24, 2.45) is 0 Å². The van der Waals surface area contributed by atoms with E-state index in [2.05, 4.69) is 0 Å². The molecule has 0 aromatic heterocycles. The van der Waals surface area contributed by atoms with Crippen molar-refractivity contribution in [1.82, 2.24) is 0 Å². The lowest BCUT2D eigenvalue weighted by Gasteiger charge is -2.09. The highest BCUT2D eigenvalue weighted by atomic mass is 16.5. The summed E-state index contributed by atoms with van der Waals surface area (Å²) in [5.41, 5.74) is 2.25. The average Bonchev–Trinajstić information content (AvgIpc) is 2.47. The molecule has 2 rings (SSSR count). The molecule has 0 spiro atoms. The molecule has 0 saturated carbocycles. The van der Waals surface area contributed by atoms with Crippen LogP contribution >= 0.6 is 0 Å². The van der Waals surface area contributed by atoms with Crippen molar-refractivity contribution in [3.05, 3.63) is 58.7 Å². The lowest BCUT2D eigenvalue weighted by atomic mass is 9.98. The van der Waals surface area contributed by atoms with Crippen molar-refractivity contribution < 1.29 is 19.1 Å². The minimum atomic E-state index is -0.578. The fourth-order valence-electron chi connectivity index (χ4n) is 1.92. The van der Waals surface area contributed by atoms with Crippen molar-refractivity contribution in [2.45, 2.75) is 0 Å². The molecule has 0 aliphatic heterocycles. The standard InChI is InChI=1S/C16H14O4/c1-19-15(17)13-9-7-11-5-3-4-6-12(11)8-10-14(13)16(18)20-2/h3-10H,1-2H3/b9-7-,10-8-,11-7?,12-8?,13-9?,14-10?,14-13-. The van der Waals surface area contributed by atoms with Crippen LogP contribution in [0.25, 0.3) is 12.2 Å². The highest BCUT2D eigenvalue weighted by molar-refractivity contribution is 6.06. The Morgan fingerprint density at radius 1 is 0.750 bits per heavy atom. The highest BCUT2D eigenvalue weighted by Crippen LogP contribution is 2.21. The third-order valence-electron chi connectivity index (χ3n) is 2.96. The summed E-state index contributed by atoms with van der Waals surface area (Å²) < 4.78 is 9.42. The lowest BCUT2D eigenvalue weighted by Crippen LogP contribution is -2.13. The molecule has 1 aromatic rings. The van der Waals surface area contributed by atoms with Crippen LogP contribution in [0, 0.1) is 0 Å². The Morgan fingerprint density at radius 3 is 1.50 bits per heavy atom. The Labute approximate surface area is 117 Å². The average molecular weight is 270 g/mol. The topological polar surface area (TPSA) is 52.6 Å². The van der Waals surface area contributed by atoms with Crippen molar-refractivity contribution in [1.29, 1.82) is 0 Å². The molecule has 0 fully saturated rings. The second-order valence-electron chi connectivity index (χ2n) is 4.11. The van der Waals surface area contributed by atoms with E-state index in [1.165, 1.54) is 14.2 Å². The zero-order chi connectivity index (χ0) is 14.5. The van der Waals surface area contributed by atoms with Crippen LogP contribution in [0.2, 0.25) is 0 Å². The van der Waals surface area contributed by atoms with Gasteiger partial charge < -0.3 is 9.47 Å². The number of fused-ring (bicyclic) bond motifs is 1. The summed E-state index contributed by atoms with van der Waals surface area (Å²) in [7, 11) is 2.54. The summed E-state index contributed by atoms with van der Waals surface area (Å²) in [6.45, 7) is 0. The van der Waals surface area contributed by atoms with E-state index in [9.17, 15) is 9.59 Å². The number of ether oxygens (including phenoxy) is 2. The van der Waals surface area contributed by atoms with Crippen molar-refractivity contribution in [3.8, 4) is 0 Å². The van der Waals surface area contributed by atoms with Gasteiger partial charge in [0.1, 0.15) is 0 Å². The van der Waals surface area contributed by atoms with Crippen LogP contribution in [0.1, 0.15) is 11.1 Å². The SMILES string of the molecule is COC(=O)C1=C(C(=O)OC)/C=C\c2ccccc2/C=C\1. The largest absolute Gasteiger partial charge is 0.465 e. The molecule has 0 N–H and O–H groups in total. The zero-order valence-corrected chi connectivity index (χ0v) is 11.3. The van der Waals surface area contributed by atoms with Crippen LogP contribution in [-0.2, 0) is 19.1 Å². The van der Waals surface area contributed by atoms with Gasteiger partial charge in [0.15, 0.2) is 0 Å². The van der Waals surface area contributed by atoms with Gasteiger partial charge in [-0.1, -0.05) is 36.4 Å². The van der Waals surface area contributed by atoms with Gasteiger partial charge in [0, 0.05) is 0 Å². The predicted octanol–water partition coefficient (Wildman–Crippen LogP) is 2.37. The number of methoxy groups -OCH3 is 2. The van der Waals surface area contributed by atoms with E-state index >= 15 is 0 Å². The molecule has 0 radical (unpaired) electrons. The molecule has 0 unspecified atom stereocenters. The molecule has 102 valence electrons. The van der Waals surface area contributed by atoms with E-state index in [-0.39, 0.29) is 11.1 Å². The molecule has 4 nitrogen and oxygen atoms in total. The van der Waals surface area contributed by atoms with E-state index in [4.69, 9.17) is 9.47 Å². The first-order chi connectivity index (χ1) is 9.67. The Hall–Kier alpha value is -2.62. The molecular formula is C16H14O4. The van der Waals surface area contributed by atoms with E-state index in [0.29, 0.717) is 0 Å². The minimum Gasteiger partial charge on any atom is -0.465 e. The fourth-order valence-corrected chi connectivity index (χ4v) is 1.92. The van der Waals surface area contributed by atoms with Gasteiger partial charge in [-0.25, -0.2) is 9.59 Å². The quantitative estimate of drug-likeness (QED) is 0.774. The molecule has 1 aliphatic carbocycles. The van der Waals surface area contributed by atoms with Crippen LogP contribution in [0.5, 0.6) is 0 Å². The molecule has 20 heavy (non-hydrogen) atoms. The monoisotopic (exact) mass is 270 g/mol. The lowest BCUT2D eigenvalue weighted by molar-refractivity contribution is -0.138. The predicted molar refractivity (Wildman–Crippen MR) is 75.6 cm³/mol. The van der Waals surface area contributed by atoms with Gasteiger partial charge in [0.25, 0.3) is 0 Å². The molecule has 1 aliphatic rings. The maximum absolute atomic E-state index is 11.8. The van der Waals surface area contributed by atoms with Gasteiger partial charge in [-0.3, -0.25) is 0 Å². The van der Waals surface area contributed by atoms with Gasteiger partial charge in [-0.05, 0) is 23.3 Å². The highest BCUT2D eigenvalue weighted by Gasteiger charge is 2.19. The molecule has 0 amide bonds. The van der Waals surface area contributed by atoms with E-state index in [1.807, 2.05) is 24.3 Å². The van der Waals surface area contributed by atoms with Crippen LogP contribution in [0.15, 0.2) is 47.6 Å².